The summed E-state index contributed by atoms with van der Waals surface area (Å²) in [4.78, 5) is 0. The quantitative estimate of drug-likeness (QED) is 0.491. The van der Waals surface area contributed by atoms with E-state index in [-0.39, 0.29) is 45.6 Å². The van der Waals surface area contributed by atoms with Gasteiger partial charge in [0.25, 0.3) is 0 Å². The number of halogens is 1. The van der Waals surface area contributed by atoms with Gasteiger partial charge in [0.05, 0.1) is 0 Å². The van der Waals surface area contributed by atoms with Crippen LogP contribution in [-0.4, -0.2) is 37.0 Å². The van der Waals surface area contributed by atoms with Crippen LogP contribution in [0.2, 0.25) is 19.6 Å². The maximum absolute atomic E-state index is 5.85. The van der Waals surface area contributed by atoms with Gasteiger partial charge in [0.15, 0.2) is 8.32 Å². The third kappa shape index (κ3) is 11.4. The van der Waals surface area contributed by atoms with Crippen LogP contribution in [0.1, 0.15) is 20.3 Å². The molecule has 0 amide bonds. The molecule has 0 N–H and O–H groups in total. The van der Waals surface area contributed by atoms with Crippen molar-refractivity contribution in [2.24, 2.45) is 0 Å². The SMILES string of the molecule is [Br-].[CH2-]CC(C)(C)O[Si](C)(C)C.[Mg+2]. The van der Waals surface area contributed by atoms with Gasteiger partial charge in [0.1, 0.15) is 0 Å². The normalized spacial score (nSPS) is 11.5. The van der Waals surface area contributed by atoms with Crippen LogP contribution in [0.4, 0.5) is 0 Å². The standard InChI is InChI=1S/C8H19OSi.BrH.Mg/c1-7-8(2,3)9-10(4,5)6;;/h1,7H2,2-6H3;1H;/q-1;;+2/p-1. The molecule has 0 aromatic rings. The summed E-state index contributed by atoms with van der Waals surface area (Å²) in [6, 6.07) is 0. The third-order valence-electron chi connectivity index (χ3n) is 1.18. The summed E-state index contributed by atoms with van der Waals surface area (Å²) >= 11 is 0. The predicted octanol–water partition coefficient (Wildman–Crippen LogP) is -0.536. The molecule has 70 valence electrons. The van der Waals surface area contributed by atoms with Crippen LogP contribution in [0.5, 0.6) is 0 Å². The zero-order chi connectivity index (χ0) is 8.41. The monoisotopic (exact) mass is 262 g/mol. The largest absolute Gasteiger partial charge is 2.00 e. The van der Waals surface area contributed by atoms with Gasteiger partial charge in [-0.25, -0.2) is 0 Å². The van der Waals surface area contributed by atoms with Gasteiger partial charge in [-0.05, 0) is 33.5 Å². The molecule has 0 atom stereocenters. The van der Waals surface area contributed by atoms with Crippen molar-refractivity contribution in [1.82, 2.24) is 0 Å². The second-order valence-electron chi connectivity index (χ2n) is 4.22. The van der Waals surface area contributed by atoms with Gasteiger partial charge in [-0.15, -0.1) is 0 Å². The average molecular weight is 264 g/mol. The minimum absolute atomic E-state index is 0. The Morgan fingerprint density at radius 3 is 1.67 bits per heavy atom. The Hall–Kier alpha value is 1.42. The fraction of sp³-hybridized carbons (Fsp3) is 0.875. The Bertz CT molecular complexity index is 112. The third-order valence-corrected chi connectivity index (χ3v) is 2.35. The van der Waals surface area contributed by atoms with Gasteiger partial charge in [0.2, 0.25) is 0 Å². The number of rotatable bonds is 3. The van der Waals surface area contributed by atoms with Gasteiger partial charge in [-0.1, -0.05) is 0 Å². The van der Waals surface area contributed by atoms with Crippen molar-refractivity contribution in [1.29, 1.82) is 0 Å². The van der Waals surface area contributed by atoms with Crippen molar-refractivity contribution < 1.29 is 21.4 Å². The van der Waals surface area contributed by atoms with E-state index < -0.39 is 8.32 Å². The Morgan fingerprint density at radius 1 is 1.25 bits per heavy atom. The minimum Gasteiger partial charge on any atom is -1.00 e. The van der Waals surface area contributed by atoms with Crippen LogP contribution >= 0.6 is 0 Å². The summed E-state index contributed by atoms with van der Waals surface area (Å²) in [5.41, 5.74) is -0.0233. The molecule has 12 heavy (non-hydrogen) atoms. The summed E-state index contributed by atoms with van der Waals surface area (Å²) < 4.78 is 5.85. The van der Waals surface area contributed by atoms with Crippen LogP contribution in [-0.2, 0) is 4.43 Å². The predicted molar refractivity (Wildman–Crippen MR) is 54.2 cm³/mol. The molecule has 0 rings (SSSR count). The maximum Gasteiger partial charge on any atom is 2.00 e. The van der Waals surface area contributed by atoms with E-state index in [1.54, 1.807) is 0 Å². The van der Waals surface area contributed by atoms with Crippen LogP contribution in [0.15, 0.2) is 0 Å². The zero-order valence-corrected chi connectivity index (χ0v) is 12.9. The van der Waals surface area contributed by atoms with E-state index in [9.17, 15) is 0 Å². The maximum atomic E-state index is 5.85. The first kappa shape index (κ1) is 19.1. The van der Waals surface area contributed by atoms with Gasteiger partial charge in [-0.3, -0.25) is 0 Å². The van der Waals surface area contributed by atoms with E-state index in [0.717, 1.165) is 6.42 Å². The van der Waals surface area contributed by atoms with Gasteiger partial charge in [0, 0.05) is 5.60 Å². The van der Waals surface area contributed by atoms with Crippen molar-refractivity contribution in [2.75, 3.05) is 0 Å². The van der Waals surface area contributed by atoms with Crippen molar-refractivity contribution in [3.05, 3.63) is 6.92 Å². The summed E-state index contributed by atoms with van der Waals surface area (Å²) in [5.74, 6) is 0. The summed E-state index contributed by atoms with van der Waals surface area (Å²) in [6.07, 6.45) is 0.845. The molecule has 0 saturated carbocycles. The van der Waals surface area contributed by atoms with Crippen LogP contribution < -0.4 is 17.0 Å². The fourth-order valence-corrected chi connectivity index (χ4v) is 2.64. The molecule has 0 aliphatic carbocycles. The van der Waals surface area contributed by atoms with Crippen molar-refractivity contribution in [3.8, 4) is 0 Å². The molecule has 0 radical (unpaired) electrons. The van der Waals surface area contributed by atoms with Crippen LogP contribution in [0.3, 0.4) is 0 Å². The van der Waals surface area contributed by atoms with Crippen molar-refractivity contribution in [3.63, 3.8) is 0 Å². The van der Waals surface area contributed by atoms with E-state index in [1.807, 2.05) is 0 Å². The Labute approximate surface area is 105 Å². The first-order valence-corrected chi connectivity index (χ1v) is 7.17. The average Bonchev–Trinajstić information content (AvgIpc) is 1.60. The second kappa shape index (κ2) is 6.81. The molecule has 0 fully saturated rings. The minimum atomic E-state index is -1.35. The van der Waals surface area contributed by atoms with Crippen LogP contribution in [0.25, 0.3) is 0 Å². The van der Waals surface area contributed by atoms with Crippen molar-refractivity contribution in [2.45, 2.75) is 45.5 Å². The Morgan fingerprint density at radius 2 is 1.58 bits per heavy atom. The van der Waals surface area contributed by atoms with Gasteiger partial charge >= 0.3 is 23.1 Å². The van der Waals surface area contributed by atoms with E-state index >= 15 is 0 Å². The second-order valence-corrected chi connectivity index (χ2v) is 8.65. The first-order chi connectivity index (χ1) is 4.27. The summed E-state index contributed by atoms with van der Waals surface area (Å²) in [6.45, 7) is 14.6. The van der Waals surface area contributed by atoms with E-state index in [4.69, 9.17) is 4.43 Å². The fourth-order valence-electron chi connectivity index (χ4n) is 0.880. The molecular formula is C8H19BrMgOSi. The molecule has 0 aliphatic rings. The summed E-state index contributed by atoms with van der Waals surface area (Å²) in [5, 5.41) is 0. The Balaban J connectivity index is -0.000000405. The molecule has 0 aromatic heterocycles. The molecule has 0 unspecified atom stereocenters. The van der Waals surface area contributed by atoms with E-state index in [2.05, 4.69) is 40.4 Å². The molecule has 0 saturated heterocycles. The molecular weight excluding hydrogens is 244 g/mol. The molecule has 0 bridgehead atoms. The molecule has 0 aliphatic heterocycles. The zero-order valence-electron chi connectivity index (χ0n) is 8.91. The number of hydrogen-bond acceptors (Lipinski definition) is 1. The molecule has 0 aromatic carbocycles. The number of hydrogen-bond donors (Lipinski definition) is 0. The van der Waals surface area contributed by atoms with Crippen molar-refractivity contribution >= 4 is 31.4 Å². The molecule has 0 heterocycles. The molecule has 4 heteroatoms. The Kier molecular flexibility index (Phi) is 10.8. The van der Waals surface area contributed by atoms with E-state index in [1.165, 1.54) is 0 Å². The van der Waals surface area contributed by atoms with Crippen LogP contribution in [0, 0.1) is 6.92 Å². The molecule has 1 nitrogen and oxygen atoms in total. The summed E-state index contributed by atoms with van der Waals surface area (Å²) in [7, 11) is -1.35. The van der Waals surface area contributed by atoms with E-state index in [0.29, 0.717) is 0 Å². The van der Waals surface area contributed by atoms with Gasteiger partial charge in [-0.2, -0.15) is 6.42 Å². The van der Waals surface area contributed by atoms with Gasteiger partial charge < -0.3 is 28.3 Å². The molecule has 0 spiro atoms. The first-order valence-electron chi connectivity index (χ1n) is 3.76. The smallest absolute Gasteiger partial charge is 1.00 e. The topological polar surface area (TPSA) is 9.23 Å².